The molecule has 2 unspecified atom stereocenters. The molecule has 2 fully saturated rings. The molecular formula is C20H20FN5O. The van der Waals surface area contributed by atoms with Crippen LogP contribution in [0.25, 0.3) is 4.85 Å². The van der Waals surface area contributed by atoms with Gasteiger partial charge in [-0.05, 0) is 31.2 Å². The number of H-pyrrole nitrogens is 1. The number of fused-ring (bicyclic) bond motifs is 2. The first-order valence-electron chi connectivity index (χ1n) is 9.41. The van der Waals surface area contributed by atoms with Gasteiger partial charge in [0, 0.05) is 29.6 Å². The van der Waals surface area contributed by atoms with Crippen LogP contribution in [0, 0.1) is 18.3 Å². The summed E-state index contributed by atoms with van der Waals surface area (Å²) in [5, 5.41) is 10.4. The first-order chi connectivity index (χ1) is 13.1. The predicted molar refractivity (Wildman–Crippen MR) is 98.0 cm³/mol. The van der Waals surface area contributed by atoms with Crippen molar-refractivity contribution in [3.63, 3.8) is 0 Å². The first-order valence-corrected chi connectivity index (χ1v) is 9.41. The lowest BCUT2D eigenvalue weighted by Crippen LogP contribution is -2.39. The Morgan fingerprint density at radius 2 is 2.37 bits per heavy atom. The Labute approximate surface area is 156 Å². The van der Waals surface area contributed by atoms with Gasteiger partial charge in [-0.25, -0.2) is 14.0 Å². The van der Waals surface area contributed by atoms with E-state index in [1.54, 1.807) is 11.0 Å². The summed E-state index contributed by atoms with van der Waals surface area (Å²) in [7, 11) is 0. The van der Waals surface area contributed by atoms with Crippen molar-refractivity contribution in [1.82, 2.24) is 15.1 Å². The van der Waals surface area contributed by atoms with Crippen LogP contribution in [0.1, 0.15) is 42.6 Å². The number of aromatic amines is 1. The normalized spacial score (nSPS) is 25.5. The Balaban J connectivity index is 1.36. The maximum absolute atomic E-state index is 14.3. The van der Waals surface area contributed by atoms with Crippen molar-refractivity contribution in [2.24, 2.45) is 5.92 Å². The average molecular weight is 365 g/mol. The Morgan fingerprint density at radius 1 is 1.48 bits per heavy atom. The number of nitrogens with zero attached hydrogens (tertiary/aromatic N) is 3. The fourth-order valence-electron chi connectivity index (χ4n) is 4.91. The molecule has 5 rings (SSSR count). The number of benzene rings is 1. The molecule has 2 aromatic rings. The van der Waals surface area contributed by atoms with E-state index in [0.717, 1.165) is 29.3 Å². The molecule has 7 heteroatoms. The molecule has 2 atom stereocenters. The zero-order chi connectivity index (χ0) is 18.6. The van der Waals surface area contributed by atoms with Crippen LogP contribution in [0.3, 0.4) is 0 Å². The molecule has 0 saturated heterocycles. The van der Waals surface area contributed by atoms with Crippen molar-refractivity contribution in [2.75, 3.05) is 11.9 Å². The van der Waals surface area contributed by atoms with Gasteiger partial charge in [-0.15, -0.1) is 0 Å². The minimum absolute atomic E-state index is 0.0448. The van der Waals surface area contributed by atoms with E-state index in [1.165, 1.54) is 37.8 Å². The molecule has 3 aliphatic rings. The van der Waals surface area contributed by atoms with Crippen molar-refractivity contribution in [1.29, 1.82) is 0 Å². The Bertz CT molecular complexity index is 977. The quantitative estimate of drug-likeness (QED) is 0.786. The predicted octanol–water partition coefficient (Wildman–Crippen LogP) is 4.13. The van der Waals surface area contributed by atoms with Crippen molar-refractivity contribution < 1.29 is 9.18 Å². The summed E-state index contributed by atoms with van der Waals surface area (Å²) in [4.78, 5) is 17.6. The molecule has 1 aromatic heterocycles. The van der Waals surface area contributed by atoms with Gasteiger partial charge >= 0.3 is 6.03 Å². The highest BCUT2D eigenvalue weighted by Crippen LogP contribution is 2.64. The van der Waals surface area contributed by atoms with Crippen LogP contribution in [0.5, 0.6) is 0 Å². The van der Waals surface area contributed by atoms with E-state index in [1.807, 2.05) is 0 Å². The van der Waals surface area contributed by atoms with Gasteiger partial charge in [0.15, 0.2) is 5.82 Å². The number of nitrogens with one attached hydrogen (secondary N) is 2. The topological polar surface area (TPSA) is 65.4 Å². The summed E-state index contributed by atoms with van der Waals surface area (Å²) in [6.07, 6.45) is 5.66. The molecule has 27 heavy (non-hydrogen) atoms. The lowest BCUT2D eigenvalue weighted by Gasteiger charge is -2.28. The number of hydrogen-bond donors (Lipinski definition) is 2. The second-order valence-corrected chi connectivity index (χ2v) is 7.83. The van der Waals surface area contributed by atoms with E-state index in [9.17, 15) is 9.18 Å². The minimum Gasteiger partial charge on any atom is -0.320 e. The molecule has 2 N–H and O–H groups in total. The molecular weight excluding hydrogens is 345 g/mol. The molecule has 0 spiro atoms. The van der Waals surface area contributed by atoms with Gasteiger partial charge in [-0.3, -0.25) is 5.10 Å². The van der Waals surface area contributed by atoms with Crippen molar-refractivity contribution in [3.8, 4) is 0 Å². The summed E-state index contributed by atoms with van der Waals surface area (Å²) >= 11 is 0. The number of rotatable bonds is 2. The Hall–Kier alpha value is -2.88. The Morgan fingerprint density at radius 3 is 3.11 bits per heavy atom. The van der Waals surface area contributed by atoms with Crippen LogP contribution >= 0.6 is 0 Å². The molecule has 2 aliphatic carbocycles. The van der Waals surface area contributed by atoms with E-state index in [-0.39, 0.29) is 22.8 Å². The van der Waals surface area contributed by atoms with Gasteiger partial charge in [0.2, 0.25) is 5.69 Å². The maximum Gasteiger partial charge on any atom is 0.322 e. The summed E-state index contributed by atoms with van der Waals surface area (Å²) in [6, 6.07) is 4.11. The van der Waals surface area contributed by atoms with E-state index in [4.69, 9.17) is 6.57 Å². The van der Waals surface area contributed by atoms with Gasteiger partial charge in [0.05, 0.1) is 24.5 Å². The van der Waals surface area contributed by atoms with Crippen LogP contribution in [0.15, 0.2) is 18.2 Å². The monoisotopic (exact) mass is 365 g/mol. The SMILES string of the molecule is [C-]#[N+]c1cccc(NC(=O)N2CCc3[nH]nc(C45CCCC4C5)c3C2)c1F. The molecule has 6 nitrogen and oxygen atoms in total. The molecule has 138 valence electrons. The number of carbonyl (C=O) groups excluding carboxylic acids is 1. The second kappa shape index (κ2) is 5.81. The number of amides is 2. The average Bonchev–Trinajstić information content (AvgIpc) is 3.04. The van der Waals surface area contributed by atoms with Gasteiger partial charge < -0.3 is 10.2 Å². The number of aromatic nitrogens is 2. The molecule has 0 bridgehead atoms. The van der Waals surface area contributed by atoms with Crippen LogP contribution in [0.4, 0.5) is 20.6 Å². The first kappa shape index (κ1) is 16.3. The van der Waals surface area contributed by atoms with Crippen LogP contribution in [0.2, 0.25) is 0 Å². The van der Waals surface area contributed by atoms with Gasteiger partial charge in [0.1, 0.15) is 0 Å². The van der Waals surface area contributed by atoms with Crippen LogP contribution in [-0.4, -0.2) is 27.7 Å². The van der Waals surface area contributed by atoms with Crippen LogP contribution < -0.4 is 5.32 Å². The largest absolute Gasteiger partial charge is 0.322 e. The Kier molecular flexibility index (Phi) is 3.51. The molecule has 2 heterocycles. The molecule has 2 saturated carbocycles. The van der Waals surface area contributed by atoms with Gasteiger partial charge in [-0.2, -0.15) is 5.10 Å². The third-order valence-electron chi connectivity index (χ3n) is 6.44. The molecule has 1 aromatic carbocycles. The molecule has 1 aliphatic heterocycles. The number of halogens is 1. The summed E-state index contributed by atoms with van der Waals surface area (Å²) in [5.41, 5.74) is 3.62. The zero-order valence-electron chi connectivity index (χ0n) is 14.9. The summed E-state index contributed by atoms with van der Waals surface area (Å²) < 4.78 is 14.3. The van der Waals surface area contributed by atoms with Gasteiger partial charge in [0.25, 0.3) is 0 Å². The van der Waals surface area contributed by atoms with Crippen molar-refractivity contribution in [2.45, 2.75) is 44.1 Å². The zero-order valence-corrected chi connectivity index (χ0v) is 14.9. The number of carbonyl (C=O) groups is 1. The maximum atomic E-state index is 14.3. The van der Waals surface area contributed by atoms with Crippen LogP contribution in [-0.2, 0) is 18.4 Å². The van der Waals surface area contributed by atoms with Crippen molar-refractivity contribution in [3.05, 3.63) is 52.4 Å². The molecule has 0 radical (unpaired) electrons. The van der Waals surface area contributed by atoms with E-state index in [2.05, 4.69) is 20.4 Å². The van der Waals surface area contributed by atoms with E-state index < -0.39 is 5.82 Å². The highest BCUT2D eigenvalue weighted by atomic mass is 19.1. The lowest BCUT2D eigenvalue weighted by atomic mass is 9.92. The summed E-state index contributed by atoms with van der Waals surface area (Å²) in [6.45, 7) is 8.05. The minimum atomic E-state index is -0.687. The smallest absolute Gasteiger partial charge is 0.320 e. The third-order valence-corrected chi connectivity index (χ3v) is 6.44. The highest BCUT2D eigenvalue weighted by molar-refractivity contribution is 5.90. The van der Waals surface area contributed by atoms with Crippen molar-refractivity contribution >= 4 is 17.4 Å². The molecule has 2 amide bonds. The van der Waals surface area contributed by atoms with E-state index >= 15 is 0 Å². The second-order valence-electron chi connectivity index (χ2n) is 7.83. The summed E-state index contributed by atoms with van der Waals surface area (Å²) in [5.74, 6) is 0.0628. The fourth-order valence-corrected chi connectivity index (χ4v) is 4.91. The number of hydrogen-bond acceptors (Lipinski definition) is 2. The van der Waals surface area contributed by atoms with E-state index in [0.29, 0.717) is 13.1 Å². The standard InChI is InChI=1S/C20H20FN5O/c1-22-15-5-2-6-16(17(15)21)23-19(27)26-9-7-14-13(11-26)18(25-24-14)20-8-3-4-12(20)10-20/h2,5-6,12H,3-4,7-11H2,(H,23,27)(H,24,25). The lowest BCUT2D eigenvalue weighted by molar-refractivity contribution is 0.205. The number of anilines is 1. The number of urea groups is 1. The third kappa shape index (κ3) is 2.43. The highest BCUT2D eigenvalue weighted by Gasteiger charge is 2.60. The van der Waals surface area contributed by atoms with Gasteiger partial charge in [-0.1, -0.05) is 18.6 Å². The fraction of sp³-hybridized carbons (Fsp3) is 0.450.